The molecule has 0 amide bonds. The maximum Gasteiger partial charge on any atom is 0.240 e. The highest BCUT2D eigenvalue weighted by atomic mass is 32.2. The van der Waals surface area contributed by atoms with Gasteiger partial charge in [-0.2, -0.15) is 0 Å². The summed E-state index contributed by atoms with van der Waals surface area (Å²) in [5.41, 5.74) is 0.987. The Morgan fingerprint density at radius 3 is 2.90 bits per heavy atom. The average Bonchev–Trinajstić information content (AvgIpc) is 2.45. The van der Waals surface area contributed by atoms with Gasteiger partial charge < -0.3 is 10.2 Å². The second kappa shape index (κ2) is 7.35. The maximum absolute atomic E-state index is 12.5. The van der Waals surface area contributed by atoms with E-state index in [9.17, 15) is 8.42 Å². The van der Waals surface area contributed by atoms with Crippen molar-refractivity contribution in [2.75, 3.05) is 26.7 Å². The Bertz CT molecular complexity index is 560. The molecule has 0 aromatic heterocycles. The molecular weight excluding hydrogens is 286 g/mol. The Balaban J connectivity index is 2.08. The maximum atomic E-state index is 12.5. The fourth-order valence-corrected chi connectivity index (χ4v) is 3.97. The summed E-state index contributed by atoms with van der Waals surface area (Å²) in [5.74, 6) is 0. The lowest BCUT2D eigenvalue weighted by atomic mass is 10.1. The van der Waals surface area contributed by atoms with E-state index in [1.165, 1.54) is 0 Å². The van der Waals surface area contributed by atoms with Crippen LogP contribution in [0.5, 0.6) is 0 Å². The molecule has 118 valence electrons. The Labute approximate surface area is 127 Å². The van der Waals surface area contributed by atoms with E-state index in [1.807, 2.05) is 20.0 Å². The average molecular weight is 311 g/mol. The predicted octanol–water partition coefficient (Wildman–Crippen LogP) is 1.17. The highest BCUT2D eigenvalue weighted by Crippen LogP contribution is 2.15. The summed E-state index contributed by atoms with van der Waals surface area (Å²) >= 11 is 0. The van der Waals surface area contributed by atoms with Crippen LogP contribution in [0.25, 0.3) is 0 Å². The first kappa shape index (κ1) is 16.4. The molecule has 2 rings (SSSR count). The third-order valence-electron chi connectivity index (χ3n) is 3.73. The van der Waals surface area contributed by atoms with E-state index >= 15 is 0 Å². The summed E-state index contributed by atoms with van der Waals surface area (Å²) in [6, 6.07) is 7.15. The second-order valence-electron chi connectivity index (χ2n) is 5.65. The lowest BCUT2D eigenvalue weighted by molar-refractivity contribution is 0.242. The van der Waals surface area contributed by atoms with Gasteiger partial charge in [0.2, 0.25) is 10.0 Å². The van der Waals surface area contributed by atoms with Gasteiger partial charge in [-0.25, -0.2) is 13.1 Å². The van der Waals surface area contributed by atoms with Crippen molar-refractivity contribution >= 4 is 10.0 Å². The molecule has 0 aliphatic carbocycles. The first-order chi connectivity index (χ1) is 10.0. The third kappa shape index (κ3) is 4.78. The van der Waals surface area contributed by atoms with E-state index in [1.54, 1.807) is 18.2 Å². The van der Waals surface area contributed by atoms with E-state index in [0.717, 1.165) is 38.0 Å². The van der Waals surface area contributed by atoms with Gasteiger partial charge in [-0.3, -0.25) is 0 Å². The number of nitrogens with one attached hydrogen (secondary N) is 2. The lowest BCUT2D eigenvalue weighted by Gasteiger charge is -2.30. The molecule has 5 nitrogen and oxygen atoms in total. The normalized spacial score (nSPS) is 20.6. The highest BCUT2D eigenvalue weighted by molar-refractivity contribution is 7.89. The van der Waals surface area contributed by atoms with Crippen LogP contribution in [0.2, 0.25) is 0 Å². The lowest BCUT2D eigenvalue weighted by Crippen LogP contribution is -2.46. The number of piperidine rings is 1. The molecule has 1 fully saturated rings. The first-order valence-corrected chi connectivity index (χ1v) is 9.00. The highest BCUT2D eigenvalue weighted by Gasteiger charge is 2.23. The minimum absolute atomic E-state index is 0.00572. The zero-order valence-electron chi connectivity index (χ0n) is 12.8. The number of hydrogen-bond donors (Lipinski definition) is 2. The summed E-state index contributed by atoms with van der Waals surface area (Å²) in [5, 5.41) is 3.21. The molecule has 0 bridgehead atoms. The Kier molecular flexibility index (Phi) is 5.75. The third-order valence-corrected chi connectivity index (χ3v) is 5.25. The van der Waals surface area contributed by atoms with E-state index in [4.69, 9.17) is 0 Å². The largest absolute Gasteiger partial charge is 0.313 e. The predicted molar refractivity (Wildman–Crippen MR) is 84.7 cm³/mol. The van der Waals surface area contributed by atoms with Gasteiger partial charge in [0.25, 0.3) is 0 Å². The molecule has 1 unspecified atom stereocenters. The SMILES string of the molecule is CCNCc1cccc(S(=O)(=O)NC2CCCN(C)C2)c1. The van der Waals surface area contributed by atoms with Crippen molar-refractivity contribution < 1.29 is 8.42 Å². The van der Waals surface area contributed by atoms with E-state index in [2.05, 4.69) is 14.9 Å². The van der Waals surface area contributed by atoms with Crippen LogP contribution in [-0.2, 0) is 16.6 Å². The molecule has 1 aromatic rings. The summed E-state index contributed by atoms with van der Waals surface area (Å²) in [6.07, 6.45) is 1.94. The molecule has 1 atom stereocenters. The number of rotatable bonds is 6. The Morgan fingerprint density at radius 1 is 1.38 bits per heavy atom. The van der Waals surface area contributed by atoms with Gasteiger partial charge in [0, 0.05) is 19.1 Å². The smallest absolute Gasteiger partial charge is 0.240 e. The molecular formula is C15H25N3O2S. The zero-order valence-corrected chi connectivity index (χ0v) is 13.6. The molecule has 1 aromatic carbocycles. The van der Waals surface area contributed by atoms with Crippen molar-refractivity contribution in [1.82, 2.24) is 14.9 Å². The Morgan fingerprint density at radius 2 is 2.19 bits per heavy atom. The van der Waals surface area contributed by atoms with Crippen LogP contribution in [0.4, 0.5) is 0 Å². The number of likely N-dealkylation sites (tertiary alicyclic amines) is 1. The van der Waals surface area contributed by atoms with Crippen LogP contribution in [-0.4, -0.2) is 46.0 Å². The van der Waals surface area contributed by atoms with Crippen molar-refractivity contribution in [3.8, 4) is 0 Å². The van der Waals surface area contributed by atoms with Crippen molar-refractivity contribution in [2.24, 2.45) is 0 Å². The van der Waals surface area contributed by atoms with Gasteiger partial charge in [0.1, 0.15) is 0 Å². The van der Waals surface area contributed by atoms with Gasteiger partial charge in [-0.1, -0.05) is 19.1 Å². The Hall–Kier alpha value is -0.950. The number of sulfonamides is 1. The monoisotopic (exact) mass is 311 g/mol. The summed E-state index contributed by atoms with van der Waals surface area (Å²) in [6.45, 7) is 5.39. The fraction of sp³-hybridized carbons (Fsp3) is 0.600. The van der Waals surface area contributed by atoms with Gasteiger partial charge in [-0.05, 0) is 50.7 Å². The van der Waals surface area contributed by atoms with E-state index < -0.39 is 10.0 Å². The fourth-order valence-electron chi connectivity index (χ4n) is 2.64. The molecule has 2 N–H and O–H groups in total. The number of likely N-dealkylation sites (N-methyl/N-ethyl adjacent to an activating group) is 1. The van der Waals surface area contributed by atoms with Crippen molar-refractivity contribution in [3.05, 3.63) is 29.8 Å². The van der Waals surface area contributed by atoms with Gasteiger partial charge in [0.15, 0.2) is 0 Å². The molecule has 1 aliphatic rings. The quantitative estimate of drug-likeness (QED) is 0.828. The second-order valence-corrected chi connectivity index (χ2v) is 7.36. The number of benzene rings is 1. The summed E-state index contributed by atoms with van der Waals surface area (Å²) < 4.78 is 27.8. The van der Waals surface area contributed by atoms with E-state index in [0.29, 0.717) is 11.4 Å². The summed E-state index contributed by atoms with van der Waals surface area (Å²) in [4.78, 5) is 2.52. The van der Waals surface area contributed by atoms with Crippen LogP contribution in [0.1, 0.15) is 25.3 Å². The minimum atomic E-state index is -3.44. The van der Waals surface area contributed by atoms with Crippen molar-refractivity contribution in [3.63, 3.8) is 0 Å². The van der Waals surface area contributed by atoms with Gasteiger partial charge >= 0.3 is 0 Å². The number of nitrogens with zero attached hydrogens (tertiary/aromatic N) is 1. The molecule has 0 spiro atoms. The van der Waals surface area contributed by atoms with Crippen LogP contribution in [0.15, 0.2) is 29.2 Å². The molecule has 21 heavy (non-hydrogen) atoms. The van der Waals surface area contributed by atoms with Crippen LogP contribution in [0, 0.1) is 0 Å². The van der Waals surface area contributed by atoms with Gasteiger partial charge in [-0.15, -0.1) is 0 Å². The first-order valence-electron chi connectivity index (χ1n) is 7.52. The van der Waals surface area contributed by atoms with Crippen LogP contribution < -0.4 is 10.0 Å². The minimum Gasteiger partial charge on any atom is -0.313 e. The molecule has 1 aliphatic heterocycles. The van der Waals surface area contributed by atoms with Crippen LogP contribution in [0.3, 0.4) is 0 Å². The topological polar surface area (TPSA) is 61.4 Å². The van der Waals surface area contributed by atoms with Gasteiger partial charge in [0.05, 0.1) is 4.90 Å². The molecule has 1 heterocycles. The number of hydrogen-bond acceptors (Lipinski definition) is 4. The van der Waals surface area contributed by atoms with Crippen molar-refractivity contribution in [1.29, 1.82) is 0 Å². The zero-order chi connectivity index (χ0) is 15.3. The van der Waals surface area contributed by atoms with Crippen molar-refractivity contribution in [2.45, 2.75) is 37.2 Å². The molecule has 0 radical (unpaired) electrons. The molecule has 0 saturated carbocycles. The molecule has 6 heteroatoms. The summed E-state index contributed by atoms with van der Waals surface area (Å²) in [7, 11) is -1.41. The molecule has 1 saturated heterocycles. The standard InChI is InChI=1S/C15H25N3O2S/c1-3-16-11-13-6-4-8-15(10-13)21(19,20)17-14-7-5-9-18(2)12-14/h4,6,8,10,14,16-17H,3,5,7,9,11-12H2,1-2H3. The van der Waals surface area contributed by atoms with E-state index in [-0.39, 0.29) is 6.04 Å². The van der Waals surface area contributed by atoms with Crippen LogP contribution >= 0.6 is 0 Å².